The molecule has 0 amide bonds. The smallest absolute Gasteiger partial charge is 0.335 e. The largest absolute Gasteiger partial charge is 0.479 e. The Labute approximate surface area is 123 Å². The number of hydrogen-bond donors (Lipinski definition) is 9. The number of aliphatic hydroxyl groups is 7. The van der Waals surface area contributed by atoms with Crippen molar-refractivity contribution >= 4 is 18.2 Å². The van der Waals surface area contributed by atoms with Crippen LogP contribution in [-0.2, 0) is 14.4 Å². The molecule has 0 aliphatic heterocycles. The monoisotopic (exact) mass is 330 g/mol. The number of rotatable bonds is 8. The predicted octanol–water partition coefficient (Wildman–Crippen LogP) is -5.50. The fraction of sp³-hybridized carbons (Fsp3) is 0.700. The van der Waals surface area contributed by atoms with E-state index in [4.69, 9.17) is 46.0 Å². The maximum Gasteiger partial charge on any atom is 0.335 e. The lowest BCUT2D eigenvalue weighted by atomic mass is 10.0. The number of carboxylic acid groups (broad SMARTS) is 2. The molecule has 22 heavy (non-hydrogen) atoms. The summed E-state index contributed by atoms with van der Waals surface area (Å²) >= 11 is 0. The number of carboxylic acids is 2. The molecule has 2 unspecified atom stereocenters. The molecule has 0 aromatic carbocycles. The zero-order valence-corrected chi connectivity index (χ0v) is 11.0. The maximum absolute atomic E-state index is 9.90. The van der Waals surface area contributed by atoms with E-state index in [0.29, 0.717) is 0 Å². The van der Waals surface area contributed by atoms with Gasteiger partial charge in [-0.05, 0) is 0 Å². The summed E-state index contributed by atoms with van der Waals surface area (Å²) in [6.07, 6.45) is -11.4. The van der Waals surface area contributed by atoms with Gasteiger partial charge in [-0.15, -0.1) is 0 Å². The summed E-state index contributed by atoms with van der Waals surface area (Å²) in [5.74, 6) is -3.54. The van der Waals surface area contributed by atoms with Crippen LogP contribution >= 0.6 is 0 Å². The molecule has 6 atom stereocenters. The highest BCUT2D eigenvalue weighted by molar-refractivity contribution is 5.83. The highest BCUT2D eigenvalue weighted by Gasteiger charge is 2.30. The molecule has 0 heterocycles. The van der Waals surface area contributed by atoms with Crippen LogP contribution in [-0.4, -0.2) is 107 Å². The standard InChI is InChI=1S/C6H12O6.C4H6O6/c7-1-3(9)5(11)6(12)4(10)2-8;5-1(3(7)8)2(6)4(9)10/h1,3-6,8-12H,2H2;1-2,5-6H,(H,7,8)(H,9,10)/t3-,4+,5+,6+;/m0./s1. The third kappa shape index (κ3) is 7.94. The molecule has 0 saturated heterocycles. The van der Waals surface area contributed by atoms with Gasteiger partial charge in [0.15, 0.2) is 18.5 Å². The first kappa shape index (κ1) is 22.6. The normalized spacial score (nSPS) is 18.7. The lowest BCUT2D eigenvalue weighted by Gasteiger charge is -2.22. The van der Waals surface area contributed by atoms with E-state index in [-0.39, 0.29) is 6.29 Å². The molecule has 12 nitrogen and oxygen atoms in total. The maximum atomic E-state index is 9.90. The Bertz CT molecular complexity index is 340. The number of hydrogen-bond acceptors (Lipinski definition) is 10. The number of aldehydes is 1. The van der Waals surface area contributed by atoms with Crippen molar-refractivity contribution in [3.63, 3.8) is 0 Å². The second kappa shape index (κ2) is 11.0. The summed E-state index contributed by atoms with van der Waals surface area (Å²) in [6, 6.07) is 0. The van der Waals surface area contributed by atoms with Crippen LogP contribution in [0.15, 0.2) is 0 Å². The Hall–Kier alpha value is -1.67. The van der Waals surface area contributed by atoms with E-state index < -0.39 is 55.2 Å². The van der Waals surface area contributed by atoms with Gasteiger partial charge in [0.25, 0.3) is 0 Å². The quantitative estimate of drug-likeness (QED) is 0.189. The number of carbonyl (C=O) groups is 3. The van der Waals surface area contributed by atoms with Crippen LogP contribution in [0.2, 0.25) is 0 Å². The molecular formula is C10H18O12. The van der Waals surface area contributed by atoms with E-state index in [1.807, 2.05) is 0 Å². The van der Waals surface area contributed by atoms with Crippen molar-refractivity contribution in [3.05, 3.63) is 0 Å². The summed E-state index contributed by atoms with van der Waals surface area (Å²) in [5.41, 5.74) is 0. The van der Waals surface area contributed by atoms with Crippen LogP contribution in [0.25, 0.3) is 0 Å². The predicted molar refractivity (Wildman–Crippen MR) is 64.5 cm³/mol. The van der Waals surface area contributed by atoms with E-state index in [2.05, 4.69) is 0 Å². The van der Waals surface area contributed by atoms with Crippen LogP contribution in [0.4, 0.5) is 0 Å². The molecular weight excluding hydrogens is 312 g/mol. The van der Waals surface area contributed by atoms with E-state index in [1.165, 1.54) is 0 Å². The van der Waals surface area contributed by atoms with Crippen LogP contribution in [0.1, 0.15) is 0 Å². The zero-order valence-electron chi connectivity index (χ0n) is 11.0. The third-order valence-corrected chi connectivity index (χ3v) is 2.23. The molecule has 0 radical (unpaired) electrons. The van der Waals surface area contributed by atoms with E-state index in [1.54, 1.807) is 0 Å². The van der Waals surface area contributed by atoms with Gasteiger partial charge in [-0.1, -0.05) is 0 Å². The van der Waals surface area contributed by atoms with E-state index >= 15 is 0 Å². The molecule has 0 rings (SSSR count). The van der Waals surface area contributed by atoms with E-state index in [0.717, 1.165) is 0 Å². The summed E-state index contributed by atoms with van der Waals surface area (Å²) in [5, 5.41) is 76.1. The second-order valence-corrected chi connectivity index (χ2v) is 3.92. The topological polar surface area (TPSA) is 233 Å². The Balaban J connectivity index is 0. The molecule has 0 aliphatic rings. The molecule has 12 heteroatoms. The Morgan fingerprint density at radius 3 is 1.41 bits per heavy atom. The van der Waals surface area contributed by atoms with Gasteiger partial charge < -0.3 is 50.8 Å². The second-order valence-electron chi connectivity index (χ2n) is 3.92. The summed E-state index contributed by atoms with van der Waals surface area (Å²) in [6.45, 7) is -0.760. The van der Waals surface area contributed by atoms with Gasteiger partial charge in [0.05, 0.1) is 6.61 Å². The lowest BCUT2D eigenvalue weighted by molar-refractivity contribution is -0.165. The summed E-state index contributed by atoms with van der Waals surface area (Å²) in [7, 11) is 0. The average Bonchev–Trinajstić information content (AvgIpc) is 2.50. The Kier molecular flexibility index (Phi) is 11.3. The van der Waals surface area contributed by atoms with Gasteiger partial charge in [-0.2, -0.15) is 0 Å². The van der Waals surface area contributed by atoms with E-state index in [9.17, 15) is 14.4 Å². The van der Waals surface area contributed by atoms with Crippen molar-refractivity contribution in [3.8, 4) is 0 Å². The molecule has 9 N–H and O–H groups in total. The number of aliphatic hydroxyl groups excluding tert-OH is 7. The highest BCUT2D eigenvalue weighted by Crippen LogP contribution is 2.02. The van der Waals surface area contributed by atoms with Crippen LogP contribution in [0.3, 0.4) is 0 Å². The van der Waals surface area contributed by atoms with Crippen molar-refractivity contribution in [2.24, 2.45) is 0 Å². The van der Waals surface area contributed by atoms with Crippen molar-refractivity contribution in [1.29, 1.82) is 0 Å². The van der Waals surface area contributed by atoms with Crippen LogP contribution < -0.4 is 0 Å². The molecule has 130 valence electrons. The molecule has 0 bridgehead atoms. The van der Waals surface area contributed by atoms with Crippen molar-refractivity contribution in [1.82, 2.24) is 0 Å². The zero-order chi connectivity index (χ0) is 18.0. The Morgan fingerprint density at radius 2 is 1.18 bits per heavy atom. The summed E-state index contributed by atoms with van der Waals surface area (Å²) in [4.78, 5) is 29.4. The van der Waals surface area contributed by atoms with Crippen molar-refractivity contribution < 1.29 is 60.3 Å². The lowest BCUT2D eigenvalue weighted by Crippen LogP contribution is -2.46. The molecule has 0 aromatic heterocycles. The molecule has 0 aromatic rings. The highest BCUT2D eigenvalue weighted by atomic mass is 16.4. The fourth-order valence-corrected chi connectivity index (χ4v) is 0.888. The Morgan fingerprint density at radius 1 is 0.818 bits per heavy atom. The first-order valence-corrected chi connectivity index (χ1v) is 5.61. The molecule has 0 saturated carbocycles. The number of carbonyl (C=O) groups excluding carboxylic acids is 1. The van der Waals surface area contributed by atoms with Crippen LogP contribution in [0.5, 0.6) is 0 Å². The van der Waals surface area contributed by atoms with Gasteiger partial charge >= 0.3 is 11.9 Å². The van der Waals surface area contributed by atoms with Gasteiger partial charge in [0.1, 0.15) is 24.4 Å². The first-order valence-electron chi connectivity index (χ1n) is 5.61. The fourth-order valence-electron chi connectivity index (χ4n) is 0.888. The minimum atomic E-state index is -2.27. The SMILES string of the molecule is O=C(O)C(O)C(O)C(=O)O.O=C[C@H](O)[C@@H](O)[C@H](O)[C@H](O)CO. The average molecular weight is 330 g/mol. The van der Waals surface area contributed by atoms with Crippen molar-refractivity contribution in [2.75, 3.05) is 6.61 Å². The molecule has 0 spiro atoms. The third-order valence-electron chi connectivity index (χ3n) is 2.23. The molecule has 0 fully saturated rings. The van der Waals surface area contributed by atoms with Crippen molar-refractivity contribution in [2.45, 2.75) is 36.6 Å². The summed E-state index contributed by atoms with van der Waals surface area (Å²) < 4.78 is 0. The minimum Gasteiger partial charge on any atom is -0.479 e. The first-order chi connectivity index (χ1) is 10.0. The number of aliphatic carboxylic acids is 2. The van der Waals surface area contributed by atoms with Gasteiger partial charge in [-0.25, -0.2) is 9.59 Å². The van der Waals surface area contributed by atoms with Gasteiger partial charge in [0, 0.05) is 0 Å². The van der Waals surface area contributed by atoms with Gasteiger partial charge in [0.2, 0.25) is 0 Å². The van der Waals surface area contributed by atoms with Crippen LogP contribution in [0, 0.1) is 0 Å². The van der Waals surface area contributed by atoms with Gasteiger partial charge in [-0.3, -0.25) is 0 Å². The molecule has 0 aliphatic carbocycles. The minimum absolute atomic E-state index is 0.0258.